The summed E-state index contributed by atoms with van der Waals surface area (Å²) < 4.78 is 0. The molecule has 1 saturated heterocycles. The smallest absolute Gasteiger partial charge is 0.242 e. The lowest BCUT2D eigenvalue weighted by molar-refractivity contribution is -0.137. The fourth-order valence-electron chi connectivity index (χ4n) is 2.45. The maximum atomic E-state index is 12.4. The van der Waals surface area contributed by atoms with E-state index in [0.29, 0.717) is 22.3 Å². The van der Waals surface area contributed by atoms with E-state index in [4.69, 9.17) is 23.2 Å². The van der Waals surface area contributed by atoms with Gasteiger partial charge in [0.15, 0.2) is 0 Å². The number of halogens is 2. The molecule has 24 heavy (non-hydrogen) atoms. The van der Waals surface area contributed by atoms with Crippen molar-refractivity contribution in [1.29, 1.82) is 0 Å². The van der Waals surface area contributed by atoms with Crippen molar-refractivity contribution < 1.29 is 9.59 Å². The van der Waals surface area contributed by atoms with Gasteiger partial charge in [0.2, 0.25) is 11.8 Å². The Morgan fingerprint density at radius 1 is 1.42 bits per heavy atom. The molecule has 1 aliphatic rings. The topological polar surface area (TPSA) is 52.7 Å². The van der Waals surface area contributed by atoms with Crippen molar-refractivity contribution in [3.05, 3.63) is 33.8 Å². The first-order chi connectivity index (χ1) is 11.3. The van der Waals surface area contributed by atoms with Crippen LogP contribution >= 0.6 is 35.0 Å². The number of carbonyl (C=O) groups is 2. The Kier molecular flexibility index (Phi) is 6.80. The van der Waals surface area contributed by atoms with Crippen molar-refractivity contribution in [1.82, 2.24) is 15.1 Å². The Hall–Kier alpha value is -0.950. The highest BCUT2D eigenvalue weighted by molar-refractivity contribution is 8.00. The number of nitrogens with one attached hydrogen (secondary N) is 1. The highest BCUT2D eigenvalue weighted by Gasteiger charge is 2.38. The van der Waals surface area contributed by atoms with Gasteiger partial charge in [-0.2, -0.15) is 0 Å². The fourth-order valence-corrected chi connectivity index (χ4v) is 4.01. The Bertz CT molecular complexity index is 627. The molecule has 2 rings (SSSR count). The predicted octanol–water partition coefficient (Wildman–Crippen LogP) is 2.63. The lowest BCUT2D eigenvalue weighted by Crippen LogP contribution is -2.47. The van der Waals surface area contributed by atoms with Crippen LogP contribution in [0.5, 0.6) is 0 Å². The SMILES string of the molecule is C[C@H](C(=O)NCCN(C)C)N1C(=O)CS[C@H]1c1ccc(Cl)c(Cl)c1. The summed E-state index contributed by atoms with van der Waals surface area (Å²) in [5.41, 5.74) is 0.869. The van der Waals surface area contributed by atoms with Gasteiger partial charge in [-0.15, -0.1) is 11.8 Å². The Balaban J connectivity index is 2.11. The number of nitrogens with zero attached hydrogens (tertiary/aromatic N) is 2. The van der Waals surface area contributed by atoms with Gasteiger partial charge in [-0.3, -0.25) is 9.59 Å². The monoisotopic (exact) mass is 389 g/mol. The standard InChI is InChI=1S/C16H21Cl2N3O2S/c1-10(15(23)19-6-7-20(2)3)21-14(22)9-24-16(21)11-4-5-12(17)13(18)8-11/h4-5,8,10,16H,6-7,9H2,1-3H3,(H,19,23)/t10-,16+/m1/s1. The molecule has 2 atom stereocenters. The summed E-state index contributed by atoms with van der Waals surface area (Å²) in [4.78, 5) is 28.3. The second kappa shape index (κ2) is 8.43. The molecule has 2 amide bonds. The van der Waals surface area contributed by atoms with Crippen molar-refractivity contribution in [3.8, 4) is 0 Å². The van der Waals surface area contributed by atoms with E-state index in [2.05, 4.69) is 5.32 Å². The number of carbonyl (C=O) groups excluding carboxylic acids is 2. The van der Waals surface area contributed by atoms with Gasteiger partial charge in [-0.1, -0.05) is 29.3 Å². The lowest BCUT2D eigenvalue weighted by Gasteiger charge is -2.30. The van der Waals surface area contributed by atoms with Gasteiger partial charge in [0.1, 0.15) is 11.4 Å². The third-order valence-electron chi connectivity index (χ3n) is 3.79. The normalized spacial score (nSPS) is 19.0. The summed E-state index contributed by atoms with van der Waals surface area (Å²) in [6, 6.07) is 4.76. The maximum absolute atomic E-state index is 12.4. The number of likely N-dealkylation sites (N-methyl/N-ethyl adjacent to an activating group) is 1. The van der Waals surface area contributed by atoms with Gasteiger partial charge in [0.25, 0.3) is 0 Å². The Morgan fingerprint density at radius 3 is 2.75 bits per heavy atom. The molecule has 0 spiro atoms. The van der Waals surface area contributed by atoms with Gasteiger partial charge in [0.05, 0.1) is 15.8 Å². The maximum Gasteiger partial charge on any atom is 0.242 e. The van der Waals surface area contributed by atoms with Crippen LogP contribution in [0.25, 0.3) is 0 Å². The van der Waals surface area contributed by atoms with Gasteiger partial charge in [-0.25, -0.2) is 0 Å². The van der Waals surface area contributed by atoms with Crippen molar-refractivity contribution in [2.24, 2.45) is 0 Å². The quantitative estimate of drug-likeness (QED) is 0.812. The molecule has 1 heterocycles. The third kappa shape index (κ3) is 4.57. The average molecular weight is 390 g/mol. The van der Waals surface area contributed by atoms with E-state index in [1.165, 1.54) is 11.8 Å². The summed E-state index contributed by atoms with van der Waals surface area (Å²) in [6.45, 7) is 3.04. The molecular formula is C16H21Cl2N3O2S. The van der Waals surface area contributed by atoms with Gasteiger partial charge in [-0.05, 0) is 38.7 Å². The molecule has 132 valence electrons. The van der Waals surface area contributed by atoms with Crippen LogP contribution < -0.4 is 5.32 Å². The molecule has 1 N–H and O–H groups in total. The molecule has 5 nitrogen and oxygen atoms in total. The molecular weight excluding hydrogens is 369 g/mol. The highest BCUT2D eigenvalue weighted by atomic mass is 35.5. The molecule has 0 aromatic heterocycles. The van der Waals surface area contributed by atoms with Crippen LogP contribution in [-0.4, -0.2) is 60.6 Å². The molecule has 0 bridgehead atoms. The highest BCUT2D eigenvalue weighted by Crippen LogP contribution is 2.41. The van der Waals surface area contributed by atoms with E-state index in [0.717, 1.165) is 12.1 Å². The summed E-state index contributed by atoms with van der Waals surface area (Å²) in [6.07, 6.45) is 0. The number of hydrogen-bond acceptors (Lipinski definition) is 4. The third-order valence-corrected chi connectivity index (χ3v) is 5.76. The minimum atomic E-state index is -0.547. The summed E-state index contributed by atoms with van der Waals surface area (Å²) in [5.74, 6) is 0.143. The fraction of sp³-hybridized carbons (Fsp3) is 0.500. The van der Waals surface area contributed by atoms with Gasteiger partial charge in [0, 0.05) is 13.1 Å². The first kappa shape index (κ1) is 19.4. The van der Waals surface area contributed by atoms with E-state index in [9.17, 15) is 9.59 Å². The molecule has 0 radical (unpaired) electrons. The van der Waals surface area contributed by atoms with E-state index in [1.807, 2.05) is 25.1 Å². The molecule has 1 aromatic carbocycles. The summed E-state index contributed by atoms with van der Waals surface area (Å²) in [7, 11) is 3.88. The zero-order valence-corrected chi connectivity index (χ0v) is 16.2. The van der Waals surface area contributed by atoms with Crippen LogP contribution in [0.1, 0.15) is 17.9 Å². The van der Waals surface area contributed by atoms with E-state index in [-0.39, 0.29) is 17.2 Å². The minimum Gasteiger partial charge on any atom is -0.353 e. The van der Waals surface area contributed by atoms with Crippen molar-refractivity contribution >= 4 is 46.8 Å². The van der Waals surface area contributed by atoms with Crippen LogP contribution in [0.3, 0.4) is 0 Å². The molecule has 8 heteroatoms. The van der Waals surface area contributed by atoms with Crippen LogP contribution in [0.4, 0.5) is 0 Å². The van der Waals surface area contributed by atoms with Crippen LogP contribution in [0.15, 0.2) is 18.2 Å². The Labute approximate surface area is 156 Å². The lowest BCUT2D eigenvalue weighted by atomic mass is 10.1. The van der Waals surface area contributed by atoms with Crippen LogP contribution in [-0.2, 0) is 9.59 Å². The zero-order chi connectivity index (χ0) is 17.9. The molecule has 0 aliphatic carbocycles. The zero-order valence-electron chi connectivity index (χ0n) is 13.9. The Morgan fingerprint density at radius 2 is 2.12 bits per heavy atom. The average Bonchev–Trinajstić information content (AvgIpc) is 2.90. The van der Waals surface area contributed by atoms with Crippen LogP contribution in [0.2, 0.25) is 10.0 Å². The van der Waals surface area contributed by atoms with Crippen molar-refractivity contribution in [2.75, 3.05) is 32.9 Å². The number of hydrogen-bond donors (Lipinski definition) is 1. The van der Waals surface area contributed by atoms with Gasteiger partial charge >= 0.3 is 0 Å². The van der Waals surface area contributed by atoms with Crippen molar-refractivity contribution in [3.63, 3.8) is 0 Å². The number of thioether (sulfide) groups is 1. The predicted molar refractivity (Wildman–Crippen MR) is 99.5 cm³/mol. The largest absolute Gasteiger partial charge is 0.353 e. The first-order valence-corrected chi connectivity index (χ1v) is 9.42. The van der Waals surface area contributed by atoms with E-state index >= 15 is 0 Å². The van der Waals surface area contributed by atoms with E-state index < -0.39 is 6.04 Å². The van der Waals surface area contributed by atoms with E-state index in [1.54, 1.807) is 24.0 Å². The number of amides is 2. The second-order valence-corrected chi connectivity index (χ2v) is 7.79. The van der Waals surface area contributed by atoms with Crippen LogP contribution in [0, 0.1) is 0 Å². The number of rotatable bonds is 6. The minimum absolute atomic E-state index is 0.0497. The summed E-state index contributed by atoms with van der Waals surface area (Å²) in [5, 5.41) is 3.55. The molecule has 0 unspecified atom stereocenters. The molecule has 1 fully saturated rings. The van der Waals surface area contributed by atoms with Crippen molar-refractivity contribution in [2.45, 2.75) is 18.3 Å². The number of benzene rings is 1. The summed E-state index contributed by atoms with van der Waals surface area (Å²) >= 11 is 13.5. The molecule has 1 aliphatic heterocycles. The molecule has 1 aromatic rings. The molecule has 0 saturated carbocycles. The second-order valence-electron chi connectivity index (χ2n) is 5.91. The first-order valence-electron chi connectivity index (χ1n) is 7.61. The van der Waals surface area contributed by atoms with Gasteiger partial charge < -0.3 is 15.1 Å².